The van der Waals surface area contributed by atoms with Gasteiger partial charge in [-0.2, -0.15) is 15.4 Å². The fourth-order valence-corrected chi connectivity index (χ4v) is 1.44. The van der Waals surface area contributed by atoms with Crippen LogP contribution in [0.2, 0.25) is 0 Å². The molecule has 0 spiro atoms. The smallest absolute Gasteiger partial charge is 0.0690 e. The molecule has 0 saturated carbocycles. The third-order valence-corrected chi connectivity index (χ3v) is 2.38. The Morgan fingerprint density at radius 1 is 1.00 bits per heavy atom. The number of H-pyrrole nitrogens is 1. The summed E-state index contributed by atoms with van der Waals surface area (Å²) < 4.78 is 0. The predicted octanol–water partition coefficient (Wildman–Crippen LogP) is 3.55. The number of hydrogen-bond acceptors (Lipinski definition) is 2. The molecule has 14 heavy (non-hydrogen) atoms. The van der Waals surface area contributed by atoms with E-state index in [0.717, 1.165) is 0 Å². The Morgan fingerprint density at radius 3 is 2.00 bits per heavy atom. The molecule has 0 saturated heterocycles. The van der Waals surface area contributed by atoms with E-state index >= 15 is 0 Å². The number of nitrogens with one attached hydrogen (secondary N) is 1. The Labute approximate surface area is 94.8 Å². The van der Waals surface area contributed by atoms with Gasteiger partial charge in [-0.1, -0.05) is 55.0 Å². The van der Waals surface area contributed by atoms with E-state index < -0.39 is 0 Å². The zero-order valence-electron chi connectivity index (χ0n) is 8.88. The zero-order valence-corrected chi connectivity index (χ0v) is 10.5. The Balaban J connectivity index is 0.000000280. The minimum atomic E-state index is 1.18. The quantitative estimate of drug-likeness (QED) is 0.629. The molecule has 0 unspecified atom stereocenters. The van der Waals surface area contributed by atoms with Gasteiger partial charge in [0.05, 0.1) is 12.4 Å². The van der Waals surface area contributed by atoms with Gasteiger partial charge in [-0.05, 0) is 6.42 Å². The van der Waals surface area contributed by atoms with Gasteiger partial charge in [0.1, 0.15) is 0 Å². The van der Waals surface area contributed by atoms with Crippen molar-refractivity contribution in [2.75, 3.05) is 5.33 Å². The number of nitrogens with zero attached hydrogens (tertiary/aromatic N) is 2. The van der Waals surface area contributed by atoms with Crippen molar-refractivity contribution in [1.82, 2.24) is 15.4 Å². The van der Waals surface area contributed by atoms with Crippen LogP contribution in [0.1, 0.15) is 45.4 Å². The summed E-state index contributed by atoms with van der Waals surface area (Å²) in [5.41, 5.74) is 0. The molecule has 0 aliphatic carbocycles. The van der Waals surface area contributed by atoms with Crippen molar-refractivity contribution in [3.05, 3.63) is 12.4 Å². The lowest BCUT2D eigenvalue weighted by Crippen LogP contribution is -1.78. The molecule has 1 aromatic heterocycles. The lowest BCUT2D eigenvalue weighted by Gasteiger charge is -1.95. The number of aromatic nitrogens is 3. The molecule has 1 aromatic rings. The number of hydrogen-bond donors (Lipinski definition) is 1. The second kappa shape index (κ2) is 12.6. The van der Waals surface area contributed by atoms with Gasteiger partial charge in [-0.25, -0.2) is 0 Å². The molecule has 1 rings (SSSR count). The number of halogens is 1. The van der Waals surface area contributed by atoms with Gasteiger partial charge in [-0.15, -0.1) is 0 Å². The van der Waals surface area contributed by atoms with Crippen molar-refractivity contribution >= 4 is 15.9 Å². The van der Waals surface area contributed by atoms with Gasteiger partial charge in [0.2, 0.25) is 0 Å². The summed E-state index contributed by atoms with van der Waals surface area (Å²) in [7, 11) is 0. The van der Waals surface area contributed by atoms with Crippen molar-refractivity contribution in [2.24, 2.45) is 0 Å². The van der Waals surface area contributed by atoms with E-state index in [9.17, 15) is 0 Å². The molecule has 0 atom stereocenters. The van der Waals surface area contributed by atoms with E-state index in [1.54, 1.807) is 12.4 Å². The molecule has 0 aliphatic rings. The van der Waals surface area contributed by atoms with Crippen molar-refractivity contribution in [3.8, 4) is 0 Å². The first-order chi connectivity index (χ1) is 6.91. The normalized spacial score (nSPS) is 9.29. The number of rotatable bonds is 6. The number of aromatic amines is 1. The SMILES string of the molecule is CCCCCCCCBr.c1cn[nH]n1. The van der Waals surface area contributed by atoms with Crippen LogP contribution >= 0.6 is 15.9 Å². The fourth-order valence-electron chi connectivity index (χ4n) is 1.04. The Bertz CT molecular complexity index is 143. The summed E-state index contributed by atoms with van der Waals surface area (Å²) in [5, 5.41) is 10.5. The van der Waals surface area contributed by atoms with Gasteiger partial charge in [0.25, 0.3) is 0 Å². The third kappa shape index (κ3) is 11.6. The monoisotopic (exact) mass is 261 g/mol. The summed E-state index contributed by atoms with van der Waals surface area (Å²) in [4.78, 5) is 0. The van der Waals surface area contributed by atoms with E-state index in [1.807, 2.05) is 0 Å². The van der Waals surface area contributed by atoms with Gasteiger partial charge in [0.15, 0.2) is 0 Å². The summed E-state index contributed by atoms with van der Waals surface area (Å²) >= 11 is 3.42. The molecule has 3 nitrogen and oxygen atoms in total. The van der Waals surface area contributed by atoms with Gasteiger partial charge in [-0.3, -0.25) is 0 Å². The topological polar surface area (TPSA) is 41.6 Å². The molecule has 0 aromatic carbocycles. The first-order valence-electron chi connectivity index (χ1n) is 5.27. The van der Waals surface area contributed by atoms with E-state index in [-0.39, 0.29) is 0 Å². The first kappa shape index (κ1) is 13.6. The molecule has 0 radical (unpaired) electrons. The lowest BCUT2D eigenvalue weighted by molar-refractivity contribution is 0.628. The summed E-state index contributed by atoms with van der Waals surface area (Å²) in [5.74, 6) is 0. The molecule has 82 valence electrons. The van der Waals surface area contributed by atoms with Crippen LogP contribution in [0.15, 0.2) is 12.4 Å². The van der Waals surface area contributed by atoms with E-state index in [4.69, 9.17) is 0 Å². The first-order valence-corrected chi connectivity index (χ1v) is 6.39. The van der Waals surface area contributed by atoms with Crippen LogP contribution in [0, 0.1) is 0 Å². The van der Waals surface area contributed by atoms with Crippen LogP contribution in [-0.4, -0.2) is 20.7 Å². The van der Waals surface area contributed by atoms with E-state index in [0.29, 0.717) is 0 Å². The van der Waals surface area contributed by atoms with Crippen LogP contribution < -0.4 is 0 Å². The summed E-state index contributed by atoms with van der Waals surface area (Å²) in [6.07, 6.45) is 11.6. The predicted molar refractivity (Wildman–Crippen MR) is 63.6 cm³/mol. The second-order valence-corrected chi connectivity index (χ2v) is 3.91. The molecule has 0 aliphatic heterocycles. The van der Waals surface area contributed by atoms with Crippen LogP contribution in [0.4, 0.5) is 0 Å². The van der Waals surface area contributed by atoms with Crippen LogP contribution in [0.5, 0.6) is 0 Å². The molecule has 0 fully saturated rings. The molecule has 0 amide bonds. The molecule has 4 heteroatoms. The summed E-state index contributed by atoms with van der Waals surface area (Å²) in [6.45, 7) is 2.25. The van der Waals surface area contributed by atoms with E-state index in [2.05, 4.69) is 38.3 Å². The maximum Gasteiger partial charge on any atom is 0.0690 e. The van der Waals surface area contributed by atoms with Crippen molar-refractivity contribution in [2.45, 2.75) is 45.4 Å². The van der Waals surface area contributed by atoms with Gasteiger partial charge >= 0.3 is 0 Å². The molecular formula is C10H20BrN3. The average Bonchev–Trinajstić information content (AvgIpc) is 2.76. The Morgan fingerprint density at radius 2 is 1.57 bits per heavy atom. The highest BCUT2D eigenvalue weighted by Crippen LogP contribution is 2.05. The second-order valence-electron chi connectivity index (χ2n) is 3.11. The zero-order chi connectivity index (χ0) is 10.5. The number of alkyl halides is 1. The van der Waals surface area contributed by atoms with Crippen LogP contribution in [-0.2, 0) is 0 Å². The lowest BCUT2D eigenvalue weighted by atomic mass is 10.1. The third-order valence-electron chi connectivity index (χ3n) is 1.82. The minimum Gasteiger partial charge on any atom is -0.198 e. The Hall–Kier alpha value is -0.380. The highest BCUT2D eigenvalue weighted by Gasteiger charge is 1.86. The van der Waals surface area contributed by atoms with E-state index in [1.165, 1.54) is 43.9 Å². The van der Waals surface area contributed by atoms with Crippen molar-refractivity contribution < 1.29 is 0 Å². The Kier molecular flexibility index (Phi) is 12.3. The van der Waals surface area contributed by atoms with Crippen LogP contribution in [0.3, 0.4) is 0 Å². The maximum absolute atomic E-state index is 3.49. The number of unbranched alkanes of at least 4 members (excludes halogenated alkanes) is 5. The highest BCUT2D eigenvalue weighted by molar-refractivity contribution is 9.09. The fraction of sp³-hybridized carbons (Fsp3) is 0.800. The van der Waals surface area contributed by atoms with Crippen molar-refractivity contribution in [3.63, 3.8) is 0 Å². The maximum atomic E-state index is 3.49. The average molecular weight is 262 g/mol. The van der Waals surface area contributed by atoms with Crippen molar-refractivity contribution in [1.29, 1.82) is 0 Å². The molecule has 1 heterocycles. The standard InChI is InChI=1S/C8H17Br.C2H3N3/c1-2-3-4-5-6-7-8-9;1-2-4-5-3-1/h2-8H2,1H3;1-2H,(H,3,4,5). The molecular weight excluding hydrogens is 242 g/mol. The minimum absolute atomic E-state index is 1.18. The van der Waals surface area contributed by atoms with Gasteiger partial charge < -0.3 is 0 Å². The molecule has 0 bridgehead atoms. The highest BCUT2D eigenvalue weighted by atomic mass is 79.9. The largest absolute Gasteiger partial charge is 0.198 e. The summed E-state index contributed by atoms with van der Waals surface area (Å²) in [6, 6.07) is 0. The molecule has 1 N–H and O–H groups in total. The van der Waals surface area contributed by atoms with Gasteiger partial charge in [0, 0.05) is 5.33 Å². The van der Waals surface area contributed by atoms with Crippen LogP contribution in [0.25, 0.3) is 0 Å².